The molecule has 7 nitrogen and oxygen atoms in total. The molecule has 1 aliphatic carbocycles. The standard InChI is InChI=1S/C26H31N3O4/c1-32-24-13-12-20(17-25(24)33-2)28-22(15-16-30)19-10-7-18(8-11-19)9-14-26(31)29-23-6-4-3-5-21(23)27/h3-8,10,12-13,16-17,19,22,28H,9,11,14-15,27H2,1-2H3,(H,29,31)/t19?,22-/m0/s1. The molecule has 0 radical (unpaired) electrons. The van der Waals surface area contributed by atoms with Gasteiger partial charge in [-0.1, -0.05) is 35.9 Å². The second kappa shape index (κ2) is 11.8. The van der Waals surface area contributed by atoms with E-state index in [0.717, 1.165) is 24.0 Å². The lowest BCUT2D eigenvalue weighted by atomic mass is 9.87. The zero-order chi connectivity index (χ0) is 23.6. The van der Waals surface area contributed by atoms with E-state index in [1.54, 1.807) is 26.4 Å². The predicted octanol–water partition coefficient (Wildman–Crippen LogP) is 4.58. The molecule has 7 heteroatoms. The van der Waals surface area contributed by atoms with Gasteiger partial charge in [-0.25, -0.2) is 0 Å². The minimum atomic E-state index is -0.0710. The fourth-order valence-electron chi connectivity index (χ4n) is 3.83. The number of methoxy groups -OCH3 is 2. The molecule has 0 bridgehead atoms. The zero-order valence-electron chi connectivity index (χ0n) is 19.0. The van der Waals surface area contributed by atoms with Crippen molar-refractivity contribution >= 4 is 29.3 Å². The SMILES string of the molecule is COc1ccc(N[C@@H](CC=O)C2C=CC(CCC(=O)Nc3ccccc3N)=CC2)cc1OC. The Kier molecular flexibility index (Phi) is 8.52. The molecule has 33 heavy (non-hydrogen) atoms. The lowest BCUT2D eigenvalue weighted by Crippen LogP contribution is -2.29. The molecule has 2 atom stereocenters. The van der Waals surface area contributed by atoms with Gasteiger partial charge in [-0.2, -0.15) is 0 Å². The number of nitrogen functional groups attached to an aromatic ring is 1. The molecule has 0 spiro atoms. The van der Waals surface area contributed by atoms with Crippen molar-refractivity contribution in [3.8, 4) is 11.5 Å². The lowest BCUT2D eigenvalue weighted by Gasteiger charge is -2.27. The highest BCUT2D eigenvalue weighted by molar-refractivity contribution is 5.93. The number of aldehydes is 1. The molecule has 0 saturated heterocycles. The monoisotopic (exact) mass is 449 g/mol. The van der Waals surface area contributed by atoms with Crippen molar-refractivity contribution in [3.05, 3.63) is 66.3 Å². The molecular formula is C26H31N3O4. The van der Waals surface area contributed by atoms with Gasteiger partial charge in [0.15, 0.2) is 11.5 Å². The van der Waals surface area contributed by atoms with Gasteiger partial charge in [-0.05, 0) is 37.1 Å². The summed E-state index contributed by atoms with van der Waals surface area (Å²) in [4.78, 5) is 23.6. The smallest absolute Gasteiger partial charge is 0.224 e. The Labute approximate surface area is 194 Å². The molecule has 3 rings (SSSR count). The highest BCUT2D eigenvalue weighted by Crippen LogP contribution is 2.32. The number of allylic oxidation sites excluding steroid dienone is 3. The third-order valence-corrected chi connectivity index (χ3v) is 5.69. The van der Waals surface area contributed by atoms with E-state index in [1.807, 2.05) is 36.4 Å². The van der Waals surface area contributed by atoms with E-state index < -0.39 is 0 Å². The molecule has 1 aliphatic rings. The average molecular weight is 450 g/mol. The number of nitrogens with two attached hydrogens (primary N) is 1. The Hall–Kier alpha value is -3.74. The van der Waals surface area contributed by atoms with Crippen LogP contribution in [0, 0.1) is 5.92 Å². The van der Waals surface area contributed by atoms with Crippen molar-refractivity contribution in [3.63, 3.8) is 0 Å². The zero-order valence-corrected chi connectivity index (χ0v) is 19.0. The van der Waals surface area contributed by atoms with E-state index in [1.165, 1.54) is 0 Å². The highest BCUT2D eigenvalue weighted by Gasteiger charge is 2.21. The number of rotatable bonds is 11. The summed E-state index contributed by atoms with van der Waals surface area (Å²) in [5.74, 6) is 1.37. The van der Waals surface area contributed by atoms with Crippen molar-refractivity contribution in [2.45, 2.75) is 31.7 Å². The summed E-state index contributed by atoms with van der Waals surface area (Å²) in [6.45, 7) is 0. The van der Waals surface area contributed by atoms with E-state index in [2.05, 4.69) is 22.8 Å². The van der Waals surface area contributed by atoms with Crippen molar-refractivity contribution < 1.29 is 19.1 Å². The predicted molar refractivity (Wildman–Crippen MR) is 132 cm³/mol. The first kappa shape index (κ1) is 23.9. The maximum absolute atomic E-state index is 12.3. The summed E-state index contributed by atoms with van der Waals surface area (Å²) in [6.07, 6.45) is 9.43. The van der Waals surface area contributed by atoms with Crippen LogP contribution in [0.3, 0.4) is 0 Å². The third-order valence-electron chi connectivity index (χ3n) is 5.69. The maximum atomic E-state index is 12.3. The van der Waals surface area contributed by atoms with Gasteiger partial charge in [-0.3, -0.25) is 4.79 Å². The lowest BCUT2D eigenvalue weighted by molar-refractivity contribution is -0.116. The fraction of sp³-hybridized carbons (Fsp3) is 0.308. The minimum absolute atomic E-state index is 0.0565. The van der Waals surface area contributed by atoms with Crippen LogP contribution in [0.15, 0.2) is 66.3 Å². The molecule has 2 aromatic carbocycles. The van der Waals surface area contributed by atoms with E-state index >= 15 is 0 Å². The van der Waals surface area contributed by atoms with E-state index in [9.17, 15) is 9.59 Å². The van der Waals surface area contributed by atoms with Crippen LogP contribution in [0.1, 0.15) is 25.7 Å². The Bertz CT molecular complexity index is 1030. The Balaban J connectivity index is 1.55. The number of carbonyl (C=O) groups excluding carboxylic acids is 2. The summed E-state index contributed by atoms with van der Waals surface area (Å²) < 4.78 is 10.7. The second-order valence-electron chi connectivity index (χ2n) is 7.90. The van der Waals surface area contributed by atoms with Crippen LogP contribution in [0.25, 0.3) is 0 Å². The number of para-hydroxylation sites is 2. The number of anilines is 3. The number of amides is 1. The van der Waals surface area contributed by atoms with E-state index in [-0.39, 0.29) is 17.9 Å². The topological polar surface area (TPSA) is 103 Å². The molecule has 1 unspecified atom stereocenters. The number of hydrogen-bond acceptors (Lipinski definition) is 6. The van der Waals surface area contributed by atoms with E-state index in [0.29, 0.717) is 42.1 Å². The van der Waals surface area contributed by atoms with Crippen molar-refractivity contribution in [1.29, 1.82) is 0 Å². The number of hydrogen-bond donors (Lipinski definition) is 3. The molecule has 0 saturated carbocycles. The van der Waals surface area contributed by atoms with Crippen LogP contribution >= 0.6 is 0 Å². The van der Waals surface area contributed by atoms with Crippen LogP contribution in [0.4, 0.5) is 17.1 Å². The highest BCUT2D eigenvalue weighted by atomic mass is 16.5. The summed E-state index contributed by atoms with van der Waals surface area (Å²) >= 11 is 0. The number of carbonyl (C=O) groups is 2. The minimum Gasteiger partial charge on any atom is -0.493 e. The van der Waals surface area contributed by atoms with Gasteiger partial charge in [0, 0.05) is 36.6 Å². The van der Waals surface area contributed by atoms with Crippen molar-refractivity contribution in [2.24, 2.45) is 5.92 Å². The Morgan fingerprint density at radius 2 is 1.97 bits per heavy atom. The normalized spacial score (nSPS) is 15.8. The summed E-state index contributed by atoms with van der Waals surface area (Å²) in [5, 5.41) is 6.31. The number of ether oxygens (including phenoxy) is 2. The first-order chi connectivity index (χ1) is 16.0. The molecule has 2 aromatic rings. The molecule has 0 fully saturated rings. The quantitative estimate of drug-likeness (QED) is 0.343. The summed E-state index contributed by atoms with van der Waals surface area (Å²) in [7, 11) is 3.19. The van der Waals surface area contributed by atoms with Gasteiger partial charge in [0.05, 0.1) is 25.6 Å². The molecular weight excluding hydrogens is 418 g/mol. The van der Waals surface area contributed by atoms with Crippen LogP contribution in [0.5, 0.6) is 11.5 Å². The molecule has 174 valence electrons. The van der Waals surface area contributed by atoms with Gasteiger partial charge in [0.25, 0.3) is 0 Å². The van der Waals surface area contributed by atoms with Crippen LogP contribution < -0.4 is 25.8 Å². The van der Waals surface area contributed by atoms with Gasteiger partial charge in [-0.15, -0.1) is 0 Å². The largest absolute Gasteiger partial charge is 0.493 e. The van der Waals surface area contributed by atoms with Gasteiger partial charge >= 0.3 is 0 Å². The Morgan fingerprint density at radius 1 is 1.18 bits per heavy atom. The maximum Gasteiger partial charge on any atom is 0.224 e. The molecule has 0 aromatic heterocycles. The third kappa shape index (κ3) is 6.62. The van der Waals surface area contributed by atoms with Crippen molar-refractivity contribution in [1.82, 2.24) is 0 Å². The number of nitrogens with one attached hydrogen (secondary N) is 2. The van der Waals surface area contributed by atoms with Crippen LogP contribution in [0.2, 0.25) is 0 Å². The van der Waals surface area contributed by atoms with E-state index in [4.69, 9.17) is 15.2 Å². The van der Waals surface area contributed by atoms with Gasteiger partial charge in [0.1, 0.15) is 6.29 Å². The average Bonchev–Trinajstić information content (AvgIpc) is 2.84. The van der Waals surface area contributed by atoms with Gasteiger partial charge < -0.3 is 30.6 Å². The first-order valence-electron chi connectivity index (χ1n) is 11.0. The Morgan fingerprint density at radius 3 is 2.64 bits per heavy atom. The molecule has 0 aliphatic heterocycles. The first-order valence-corrected chi connectivity index (χ1v) is 11.0. The van der Waals surface area contributed by atoms with Crippen molar-refractivity contribution in [2.75, 3.05) is 30.6 Å². The fourth-order valence-corrected chi connectivity index (χ4v) is 3.83. The summed E-state index contributed by atoms with van der Waals surface area (Å²) in [5.41, 5.74) is 9.03. The van der Waals surface area contributed by atoms with Gasteiger partial charge in [0.2, 0.25) is 5.91 Å². The molecule has 0 heterocycles. The number of benzene rings is 2. The van der Waals surface area contributed by atoms with Crippen LogP contribution in [-0.2, 0) is 9.59 Å². The molecule has 1 amide bonds. The van der Waals surface area contributed by atoms with Crippen LogP contribution in [-0.4, -0.2) is 32.5 Å². The molecule has 4 N–H and O–H groups in total. The second-order valence-corrected chi connectivity index (χ2v) is 7.90. The summed E-state index contributed by atoms with van der Waals surface area (Å²) in [6, 6.07) is 12.8.